The summed E-state index contributed by atoms with van der Waals surface area (Å²) in [5.74, 6) is 1.39. The van der Waals surface area contributed by atoms with Crippen LogP contribution in [0.4, 0.5) is 0 Å². The number of hydrogen-bond donors (Lipinski definition) is 1. The normalized spacial score (nSPS) is 20.4. The van der Waals surface area contributed by atoms with Gasteiger partial charge in [-0.15, -0.1) is 0 Å². The van der Waals surface area contributed by atoms with E-state index in [9.17, 15) is 0 Å². The fourth-order valence-corrected chi connectivity index (χ4v) is 2.69. The lowest BCUT2D eigenvalue weighted by atomic mass is 9.89. The molecule has 1 heterocycles. The van der Waals surface area contributed by atoms with Gasteiger partial charge >= 0.3 is 0 Å². The van der Waals surface area contributed by atoms with Crippen molar-refractivity contribution < 1.29 is 0 Å². The molecule has 0 amide bonds. The topological polar surface area (TPSA) is 29.3 Å². The maximum absolute atomic E-state index is 5.68. The van der Waals surface area contributed by atoms with E-state index < -0.39 is 0 Å². The van der Waals surface area contributed by atoms with E-state index in [1.807, 2.05) is 0 Å². The monoisotopic (exact) mass is 232 g/mol. The zero-order chi connectivity index (χ0) is 12.1. The van der Waals surface area contributed by atoms with Crippen molar-refractivity contribution in [2.24, 2.45) is 11.7 Å². The molecule has 1 aliphatic heterocycles. The molecule has 17 heavy (non-hydrogen) atoms. The summed E-state index contributed by atoms with van der Waals surface area (Å²) < 4.78 is 0. The highest BCUT2D eigenvalue weighted by Crippen LogP contribution is 2.27. The number of nitrogens with zero attached hydrogens (tertiary/aromatic N) is 1. The minimum Gasteiger partial charge on any atom is -0.330 e. The standard InChI is InChI=1S/C15H24N2/c1-13(11-16)12-17-9-7-15(8-10-17)14-5-3-2-4-6-14/h2-6,13,15H,7-12,16H2,1H3/t13-/m1/s1. The molecule has 1 aromatic rings. The van der Waals surface area contributed by atoms with Crippen molar-refractivity contribution in [3.05, 3.63) is 35.9 Å². The van der Waals surface area contributed by atoms with Gasteiger partial charge in [0.15, 0.2) is 0 Å². The van der Waals surface area contributed by atoms with E-state index in [0.29, 0.717) is 5.92 Å². The number of piperidine rings is 1. The Balaban J connectivity index is 1.82. The summed E-state index contributed by atoms with van der Waals surface area (Å²) in [7, 11) is 0. The van der Waals surface area contributed by atoms with Crippen LogP contribution in [0, 0.1) is 5.92 Å². The Morgan fingerprint density at radius 1 is 1.24 bits per heavy atom. The molecule has 1 atom stereocenters. The Morgan fingerprint density at radius 3 is 2.47 bits per heavy atom. The molecular weight excluding hydrogens is 208 g/mol. The van der Waals surface area contributed by atoms with Gasteiger partial charge in [-0.25, -0.2) is 0 Å². The van der Waals surface area contributed by atoms with Crippen molar-refractivity contribution in [1.29, 1.82) is 0 Å². The second-order valence-corrected chi connectivity index (χ2v) is 5.33. The van der Waals surface area contributed by atoms with Gasteiger partial charge in [0.2, 0.25) is 0 Å². The van der Waals surface area contributed by atoms with Crippen molar-refractivity contribution in [1.82, 2.24) is 4.90 Å². The number of likely N-dealkylation sites (tertiary alicyclic amines) is 1. The van der Waals surface area contributed by atoms with Crippen LogP contribution in [0.3, 0.4) is 0 Å². The van der Waals surface area contributed by atoms with Crippen LogP contribution in [0.2, 0.25) is 0 Å². The molecule has 94 valence electrons. The summed E-state index contributed by atoms with van der Waals surface area (Å²) >= 11 is 0. The van der Waals surface area contributed by atoms with Crippen LogP contribution >= 0.6 is 0 Å². The van der Waals surface area contributed by atoms with E-state index in [1.54, 1.807) is 0 Å². The lowest BCUT2D eigenvalue weighted by Gasteiger charge is -2.33. The van der Waals surface area contributed by atoms with Crippen LogP contribution in [-0.4, -0.2) is 31.1 Å². The molecule has 0 unspecified atom stereocenters. The van der Waals surface area contributed by atoms with E-state index in [0.717, 1.165) is 19.0 Å². The fourth-order valence-electron chi connectivity index (χ4n) is 2.69. The van der Waals surface area contributed by atoms with E-state index in [-0.39, 0.29) is 0 Å². The van der Waals surface area contributed by atoms with Gasteiger partial charge in [0.25, 0.3) is 0 Å². The van der Waals surface area contributed by atoms with Gasteiger partial charge in [0, 0.05) is 6.54 Å². The zero-order valence-electron chi connectivity index (χ0n) is 10.8. The van der Waals surface area contributed by atoms with Crippen molar-refractivity contribution in [2.45, 2.75) is 25.7 Å². The van der Waals surface area contributed by atoms with Gasteiger partial charge in [-0.3, -0.25) is 0 Å². The van der Waals surface area contributed by atoms with E-state index in [2.05, 4.69) is 42.2 Å². The first-order valence-corrected chi connectivity index (χ1v) is 6.77. The number of nitrogens with two attached hydrogens (primary N) is 1. The third kappa shape index (κ3) is 3.55. The lowest BCUT2D eigenvalue weighted by molar-refractivity contribution is 0.189. The van der Waals surface area contributed by atoms with Crippen LogP contribution in [0.25, 0.3) is 0 Å². The molecule has 0 bridgehead atoms. The van der Waals surface area contributed by atoms with Crippen LogP contribution in [-0.2, 0) is 0 Å². The zero-order valence-corrected chi connectivity index (χ0v) is 10.8. The van der Waals surface area contributed by atoms with Gasteiger partial charge in [0.1, 0.15) is 0 Å². The van der Waals surface area contributed by atoms with E-state index >= 15 is 0 Å². The minimum absolute atomic E-state index is 0.628. The molecule has 0 saturated carbocycles. The quantitative estimate of drug-likeness (QED) is 0.864. The van der Waals surface area contributed by atoms with Gasteiger partial charge < -0.3 is 10.6 Å². The number of rotatable bonds is 4. The summed E-state index contributed by atoms with van der Waals surface area (Å²) in [5.41, 5.74) is 7.19. The molecule has 0 aromatic heterocycles. The SMILES string of the molecule is C[C@H](CN)CN1CCC(c2ccccc2)CC1. The lowest BCUT2D eigenvalue weighted by Crippen LogP contribution is -2.37. The van der Waals surface area contributed by atoms with Crippen molar-refractivity contribution >= 4 is 0 Å². The molecule has 1 fully saturated rings. The average molecular weight is 232 g/mol. The first-order chi connectivity index (χ1) is 8.29. The Labute approximate surface area is 105 Å². The molecule has 2 N–H and O–H groups in total. The predicted octanol–water partition coefficient (Wildman–Crippen LogP) is 2.46. The van der Waals surface area contributed by atoms with Crippen LogP contribution in [0.15, 0.2) is 30.3 Å². The molecule has 1 aromatic carbocycles. The average Bonchev–Trinajstić information content (AvgIpc) is 2.40. The third-order valence-corrected chi connectivity index (χ3v) is 3.83. The largest absolute Gasteiger partial charge is 0.330 e. The molecule has 2 rings (SSSR count). The second-order valence-electron chi connectivity index (χ2n) is 5.33. The van der Waals surface area contributed by atoms with Gasteiger partial charge in [-0.05, 0) is 49.9 Å². The van der Waals surface area contributed by atoms with E-state index in [1.165, 1.54) is 31.5 Å². The first-order valence-electron chi connectivity index (χ1n) is 6.77. The Hall–Kier alpha value is -0.860. The molecule has 0 aliphatic carbocycles. The highest BCUT2D eigenvalue weighted by Gasteiger charge is 2.20. The van der Waals surface area contributed by atoms with Gasteiger partial charge in [-0.2, -0.15) is 0 Å². The molecule has 1 saturated heterocycles. The smallest absolute Gasteiger partial charge is 0.00191 e. The van der Waals surface area contributed by atoms with Crippen molar-refractivity contribution in [3.63, 3.8) is 0 Å². The summed E-state index contributed by atoms with van der Waals surface area (Å²) in [6.45, 7) is 6.66. The maximum atomic E-state index is 5.68. The number of benzene rings is 1. The molecule has 2 nitrogen and oxygen atoms in total. The second kappa shape index (κ2) is 6.18. The summed E-state index contributed by atoms with van der Waals surface area (Å²) in [6, 6.07) is 10.9. The molecule has 0 radical (unpaired) electrons. The first kappa shape index (κ1) is 12.6. The Kier molecular flexibility index (Phi) is 4.57. The van der Waals surface area contributed by atoms with Gasteiger partial charge in [-0.1, -0.05) is 37.3 Å². The highest BCUT2D eigenvalue weighted by atomic mass is 15.1. The highest BCUT2D eigenvalue weighted by molar-refractivity contribution is 5.19. The minimum atomic E-state index is 0.628. The van der Waals surface area contributed by atoms with E-state index in [4.69, 9.17) is 5.73 Å². The Morgan fingerprint density at radius 2 is 1.88 bits per heavy atom. The van der Waals surface area contributed by atoms with Crippen molar-refractivity contribution in [2.75, 3.05) is 26.2 Å². The third-order valence-electron chi connectivity index (χ3n) is 3.83. The van der Waals surface area contributed by atoms with Gasteiger partial charge in [0.05, 0.1) is 0 Å². The maximum Gasteiger partial charge on any atom is 0.00191 e. The van der Waals surface area contributed by atoms with Crippen molar-refractivity contribution in [3.8, 4) is 0 Å². The summed E-state index contributed by atoms with van der Waals surface area (Å²) in [5, 5.41) is 0. The predicted molar refractivity (Wildman–Crippen MR) is 73.1 cm³/mol. The molecule has 1 aliphatic rings. The van der Waals surface area contributed by atoms with Crippen LogP contribution < -0.4 is 5.73 Å². The fraction of sp³-hybridized carbons (Fsp3) is 0.600. The van der Waals surface area contributed by atoms with Crippen LogP contribution in [0.1, 0.15) is 31.2 Å². The number of hydrogen-bond acceptors (Lipinski definition) is 2. The summed E-state index contributed by atoms with van der Waals surface area (Å²) in [6.07, 6.45) is 2.59. The molecule has 0 spiro atoms. The summed E-state index contributed by atoms with van der Waals surface area (Å²) in [4.78, 5) is 2.57. The Bertz CT molecular complexity index is 315. The molecule has 2 heteroatoms. The molecular formula is C15H24N2. The van der Waals surface area contributed by atoms with Crippen LogP contribution in [0.5, 0.6) is 0 Å².